The van der Waals surface area contributed by atoms with E-state index in [2.05, 4.69) is 24.0 Å². The van der Waals surface area contributed by atoms with Crippen LogP contribution in [0.1, 0.15) is 18.2 Å². The molecule has 118 valence electrons. The number of aromatic nitrogens is 2. The molecular formula is C17H18N4O2. The Morgan fingerprint density at radius 2 is 1.96 bits per heavy atom. The van der Waals surface area contributed by atoms with Crippen LogP contribution in [0, 0.1) is 10.1 Å². The average molecular weight is 310 g/mol. The molecule has 0 atom stereocenters. The highest BCUT2D eigenvalue weighted by Crippen LogP contribution is 2.27. The number of fused-ring (bicyclic) bond motifs is 1. The maximum atomic E-state index is 11.0. The summed E-state index contributed by atoms with van der Waals surface area (Å²) in [5.74, 6) is 0. The van der Waals surface area contributed by atoms with Crippen molar-refractivity contribution in [2.24, 2.45) is 5.73 Å². The summed E-state index contributed by atoms with van der Waals surface area (Å²) in [5, 5.41) is 11.0. The van der Waals surface area contributed by atoms with Gasteiger partial charge in [-0.3, -0.25) is 14.5 Å². The van der Waals surface area contributed by atoms with Crippen LogP contribution in [0.2, 0.25) is 0 Å². The maximum absolute atomic E-state index is 11.0. The van der Waals surface area contributed by atoms with Crippen LogP contribution in [-0.4, -0.2) is 20.9 Å². The number of benzene rings is 1. The lowest BCUT2D eigenvalue weighted by molar-refractivity contribution is -0.385. The van der Waals surface area contributed by atoms with E-state index in [9.17, 15) is 10.1 Å². The molecule has 0 aliphatic heterocycles. The van der Waals surface area contributed by atoms with Gasteiger partial charge in [-0.25, -0.2) is 4.98 Å². The number of pyridine rings is 1. The summed E-state index contributed by atoms with van der Waals surface area (Å²) in [6.45, 7) is 2.56. The van der Waals surface area contributed by atoms with Crippen molar-refractivity contribution in [3.8, 4) is 11.3 Å². The molecule has 2 N–H and O–H groups in total. The Hall–Kier alpha value is -2.73. The molecule has 2 heterocycles. The minimum absolute atomic E-state index is 0.0426. The first-order valence-corrected chi connectivity index (χ1v) is 7.58. The van der Waals surface area contributed by atoms with Crippen molar-refractivity contribution in [2.45, 2.75) is 19.8 Å². The molecule has 0 bridgehead atoms. The van der Waals surface area contributed by atoms with E-state index in [4.69, 9.17) is 5.73 Å². The smallest absolute Gasteiger partial charge is 0.286 e. The molecule has 23 heavy (non-hydrogen) atoms. The fraction of sp³-hybridized carbons (Fsp3) is 0.235. The quantitative estimate of drug-likeness (QED) is 0.580. The fourth-order valence-electron chi connectivity index (χ4n) is 2.70. The standard InChI is InChI=1S/C17H18N4O2/c1-2-12-3-5-13(6-4-12)17-15(9-10-18)20-11-14(21(22)23)7-8-16(20)19-17/h3-8,11H,2,9-10,18H2,1H3. The highest BCUT2D eigenvalue weighted by Gasteiger charge is 2.16. The van der Waals surface area contributed by atoms with Crippen LogP contribution in [0.4, 0.5) is 5.69 Å². The zero-order valence-corrected chi connectivity index (χ0v) is 12.9. The molecule has 0 saturated heterocycles. The molecular weight excluding hydrogens is 292 g/mol. The molecule has 0 aliphatic carbocycles. The topological polar surface area (TPSA) is 86.5 Å². The van der Waals surface area contributed by atoms with Gasteiger partial charge in [-0.2, -0.15) is 0 Å². The number of hydrogen-bond donors (Lipinski definition) is 1. The number of nitro groups is 1. The lowest BCUT2D eigenvalue weighted by atomic mass is 10.1. The molecule has 3 aromatic rings. The zero-order chi connectivity index (χ0) is 16.4. The van der Waals surface area contributed by atoms with Crippen molar-refractivity contribution in [1.29, 1.82) is 0 Å². The van der Waals surface area contributed by atoms with Gasteiger partial charge < -0.3 is 5.73 Å². The number of aryl methyl sites for hydroxylation is 1. The number of hydrogen-bond acceptors (Lipinski definition) is 4. The van der Waals surface area contributed by atoms with E-state index < -0.39 is 4.92 Å². The normalized spacial score (nSPS) is 11.0. The Labute approximate surface area is 133 Å². The van der Waals surface area contributed by atoms with Crippen molar-refractivity contribution in [1.82, 2.24) is 9.38 Å². The summed E-state index contributed by atoms with van der Waals surface area (Å²) in [6.07, 6.45) is 3.09. The van der Waals surface area contributed by atoms with E-state index in [0.717, 1.165) is 23.4 Å². The summed E-state index contributed by atoms with van der Waals surface area (Å²) < 4.78 is 1.77. The first-order chi connectivity index (χ1) is 11.1. The SMILES string of the molecule is CCc1ccc(-c2nc3ccc([N+](=O)[O-])cn3c2CCN)cc1. The lowest BCUT2D eigenvalue weighted by Crippen LogP contribution is -2.06. The molecule has 0 saturated carbocycles. The molecule has 0 spiro atoms. The van der Waals surface area contributed by atoms with Gasteiger partial charge in [0.25, 0.3) is 5.69 Å². The van der Waals surface area contributed by atoms with Gasteiger partial charge in [0.05, 0.1) is 22.5 Å². The van der Waals surface area contributed by atoms with E-state index in [1.165, 1.54) is 17.8 Å². The minimum Gasteiger partial charge on any atom is -0.330 e. The monoisotopic (exact) mass is 310 g/mol. The minimum atomic E-state index is -0.401. The molecule has 6 nitrogen and oxygen atoms in total. The van der Waals surface area contributed by atoms with Crippen LogP contribution in [0.5, 0.6) is 0 Å². The third kappa shape index (κ3) is 2.80. The maximum Gasteiger partial charge on any atom is 0.286 e. The van der Waals surface area contributed by atoms with Gasteiger partial charge in [0.2, 0.25) is 0 Å². The first kappa shape index (κ1) is 15.2. The molecule has 1 aromatic carbocycles. The Bertz CT molecular complexity index is 853. The fourth-order valence-corrected chi connectivity index (χ4v) is 2.70. The molecule has 0 unspecified atom stereocenters. The first-order valence-electron chi connectivity index (χ1n) is 7.58. The predicted molar refractivity (Wildman–Crippen MR) is 89.4 cm³/mol. The second-order valence-electron chi connectivity index (χ2n) is 5.37. The zero-order valence-electron chi connectivity index (χ0n) is 12.9. The summed E-state index contributed by atoms with van der Waals surface area (Å²) >= 11 is 0. The van der Waals surface area contributed by atoms with E-state index in [1.807, 2.05) is 12.1 Å². The summed E-state index contributed by atoms with van der Waals surface area (Å²) in [4.78, 5) is 15.2. The number of nitrogens with zero attached hydrogens (tertiary/aromatic N) is 3. The Balaban J connectivity index is 2.18. The molecule has 2 aromatic heterocycles. The van der Waals surface area contributed by atoms with Crippen LogP contribution in [0.25, 0.3) is 16.9 Å². The van der Waals surface area contributed by atoms with Crippen LogP contribution in [-0.2, 0) is 12.8 Å². The van der Waals surface area contributed by atoms with Gasteiger partial charge in [0.15, 0.2) is 0 Å². The second-order valence-corrected chi connectivity index (χ2v) is 5.37. The Morgan fingerprint density at radius 1 is 1.22 bits per heavy atom. The molecule has 0 aliphatic rings. The van der Waals surface area contributed by atoms with E-state index >= 15 is 0 Å². The number of nitrogens with two attached hydrogens (primary N) is 1. The average Bonchev–Trinajstić information content (AvgIpc) is 2.93. The van der Waals surface area contributed by atoms with Crippen molar-refractivity contribution in [2.75, 3.05) is 6.54 Å². The molecule has 0 fully saturated rings. The molecule has 0 radical (unpaired) electrons. The Kier molecular flexibility index (Phi) is 4.08. The van der Waals surface area contributed by atoms with Crippen molar-refractivity contribution in [3.63, 3.8) is 0 Å². The van der Waals surface area contributed by atoms with E-state index in [1.54, 1.807) is 10.5 Å². The second kappa shape index (κ2) is 6.18. The van der Waals surface area contributed by atoms with Crippen molar-refractivity contribution >= 4 is 11.3 Å². The summed E-state index contributed by atoms with van der Waals surface area (Å²) in [6, 6.07) is 11.4. The van der Waals surface area contributed by atoms with Crippen LogP contribution in [0.3, 0.4) is 0 Å². The highest BCUT2D eigenvalue weighted by molar-refractivity contribution is 5.67. The van der Waals surface area contributed by atoms with Crippen LogP contribution < -0.4 is 5.73 Å². The molecule has 0 amide bonds. The Morgan fingerprint density at radius 3 is 2.57 bits per heavy atom. The van der Waals surface area contributed by atoms with Crippen LogP contribution >= 0.6 is 0 Å². The van der Waals surface area contributed by atoms with Gasteiger partial charge in [-0.1, -0.05) is 31.2 Å². The largest absolute Gasteiger partial charge is 0.330 e. The van der Waals surface area contributed by atoms with Crippen molar-refractivity contribution < 1.29 is 4.92 Å². The van der Waals surface area contributed by atoms with Gasteiger partial charge in [-0.05, 0) is 24.6 Å². The van der Waals surface area contributed by atoms with E-state index in [0.29, 0.717) is 18.6 Å². The van der Waals surface area contributed by atoms with E-state index in [-0.39, 0.29) is 5.69 Å². The third-order valence-corrected chi connectivity index (χ3v) is 3.93. The molecule has 3 rings (SSSR count). The number of imidazole rings is 1. The summed E-state index contributed by atoms with van der Waals surface area (Å²) in [5.41, 5.74) is 10.4. The van der Waals surface area contributed by atoms with Gasteiger partial charge in [0.1, 0.15) is 5.65 Å². The van der Waals surface area contributed by atoms with Crippen molar-refractivity contribution in [3.05, 3.63) is 64.0 Å². The number of rotatable bonds is 5. The highest BCUT2D eigenvalue weighted by atomic mass is 16.6. The summed E-state index contributed by atoms with van der Waals surface area (Å²) in [7, 11) is 0. The third-order valence-electron chi connectivity index (χ3n) is 3.93. The van der Waals surface area contributed by atoms with Gasteiger partial charge in [0, 0.05) is 18.1 Å². The van der Waals surface area contributed by atoms with Crippen LogP contribution in [0.15, 0.2) is 42.6 Å². The lowest BCUT2D eigenvalue weighted by Gasteiger charge is -2.05. The van der Waals surface area contributed by atoms with Gasteiger partial charge >= 0.3 is 0 Å². The molecule has 6 heteroatoms. The predicted octanol–water partition coefficient (Wildman–Crippen LogP) is 2.97. The van der Waals surface area contributed by atoms with Gasteiger partial charge in [-0.15, -0.1) is 0 Å².